The number of pyridine rings is 1. The monoisotopic (exact) mass is 301 g/mol. The summed E-state index contributed by atoms with van der Waals surface area (Å²) in [6, 6.07) is 10.4. The number of rotatable bonds is 2. The summed E-state index contributed by atoms with van der Waals surface area (Å²) in [5.74, 6) is 0. The summed E-state index contributed by atoms with van der Waals surface area (Å²) in [5, 5.41) is 0.610. The molecule has 3 aromatic rings. The first kappa shape index (κ1) is 13.6. The van der Waals surface area contributed by atoms with Gasteiger partial charge in [0.1, 0.15) is 0 Å². The summed E-state index contributed by atoms with van der Waals surface area (Å²) in [5.41, 5.74) is 0.890. The first-order valence-electron chi connectivity index (χ1n) is 6.37. The van der Waals surface area contributed by atoms with Gasteiger partial charge in [-0.05, 0) is 29.8 Å². The molecule has 2 heterocycles. The predicted molar refractivity (Wildman–Crippen MR) is 81.8 cm³/mol. The van der Waals surface area contributed by atoms with Crippen LogP contribution in [0.25, 0.3) is 11.0 Å². The summed E-state index contributed by atoms with van der Waals surface area (Å²) < 4.78 is 2.61. The fourth-order valence-electron chi connectivity index (χ4n) is 2.24. The van der Waals surface area contributed by atoms with E-state index in [0.29, 0.717) is 10.5 Å². The van der Waals surface area contributed by atoms with E-state index >= 15 is 0 Å². The summed E-state index contributed by atoms with van der Waals surface area (Å²) in [6.07, 6.45) is 1.54. The van der Waals surface area contributed by atoms with E-state index in [9.17, 15) is 9.59 Å². The predicted octanol–water partition coefficient (Wildman–Crippen LogP) is 1.80. The number of hydrogen-bond donors (Lipinski definition) is 0. The molecule has 0 N–H and O–H groups in total. The minimum Gasteiger partial charge on any atom is -0.295 e. The molecule has 0 spiro atoms. The number of aryl methyl sites for hydroxylation is 1. The van der Waals surface area contributed by atoms with Crippen molar-refractivity contribution in [1.29, 1.82) is 0 Å². The van der Waals surface area contributed by atoms with Gasteiger partial charge in [-0.25, -0.2) is 9.78 Å². The average Bonchev–Trinajstić information content (AvgIpc) is 2.51. The third kappa shape index (κ3) is 2.36. The van der Waals surface area contributed by atoms with Crippen LogP contribution in [0.15, 0.2) is 52.2 Å². The lowest BCUT2D eigenvalue weighted by molar-refractivity contribution is 0.658. The second-order valence-corrected chi connectivity index (χ2v) is 5.17. The molecule has 0 saturated heterocycles. The molecule has 0 radical (unpaired) electrons. The van der Waals surface area contributed by atoms with E-state index in [4.69, 9.17) is 11.6 Å². The van der Waals surface area contributed by atoms with Gasteiger partial charge in [-0.2, -0.15) is 0 Å². The van der Waals surface area contributed by atoms with Gasteiger partial charge in [-0.3, -0.25) is 13.9 Å². The molecule has 0 amide bonds. The highest BCUT2D eigenvalue weighted by Gasteiger charge is 2.11. The van der Waals surface area contributed by atoms with Crippen LogP contribution in [-0.4, -0.2) is 14.1 Å². The van der Waals surface area contributed by atoms with Crippen LogP contribution < -0.4 is 11.2 Å². The van der Waals surface area contributed by atoms with Crippen molar-refractivity contribution in [2.45, 2.75) is 6.54 Å². The topological polar surface area (TPSA) is 56.9 Å². The Balaban J connectivity index is 2.21. The van der Waals surface area contributed by atoms with Crippen LogP contribution in [0.2, 0.25) is 5.02 Å². The van der Waals surface area contributed by atoms with Gasteiger partial charge in [0, 0.05) is 18.3 Å². The zero-order chi connectivity index (χ0) is 15.0. The zero-order valence-corrected chi connectivity index (χ0v) is 12.0. The Kier molecular flexibility index (Phi) is 3.35. The molecular weight excluding hydrogens is 290 g/mol. The maximum atomic E-state index is 12.4. The summed E-state index contributed by atoms with van der Waals surface area (Å²) in [7, 11) is 1.63. The van der Waals surface area contributed by atoms with Crippen molar-refractivity contribution >= 4 is 22.6 Å². The van der Waals surface area contributed by atoms with Gasteiger partial charge >= 0.3 is 5.69 Å². The van der Waals surface area contributed by atoms with Crippen LogP contribution in [0.3, 0.4) is 0 Å². The van der Waals surface area contributed by atoms with Gasteiger partial charge in [0.15, 0.2) is 5.52 Å². The lowest BCUT2D eigenvalue weighted by Gasteiger charge is -2.10. The Morgan fingerprint density at radius 1 is 1.14 bits per heavy atom. The second-order valence-electron chi connectivity index (χ2n) is 4.73. The van der Waals surface area contributed by atoms with Gasteiger partial charge in [0.05, 0.1) is 12.1 Å². The van der Waals surface area contributed by atoms with E-state index in [-0.39, 0.29) is 23.3 Å². The smallest absolute Gasteiger partial charge is 0.295 e. The minimum absolute atomic E-state index is 0.190. The van der Waals surface area contributed by atoms with Gasteiger partial charge in [-0.15, -0.1) is 0 Å². The summed E-state index contributed by atoms with van der Waals surface area (Å²) in [4.78, 5) is 28.9. The second kappa shape index (κ2) is 5.18. The molecule has 21 heavy (non-hydrogen) atoms. The Bertz CT molecular complexity index is 926. The summed E-state index contributed by atoms with van der Waals surface area (Å²) in [6.45, 7) is 0.190. The van der Waals surface area contributed by atoms with E-state index in [0.717, 1.165) is 5.56 Å². The third-order valence-corrected chi connectivity index (χ3v) is 3.62. The zero-order valence-electron chi connectivity index (χ0n) is 11.3. The normalized spacial score (nSPS) is 11.0. The lowest BCUT2D eigenvalue weighted by Crippen LogP contribution is -2.39. The van der Waals surface area contributed by atoms with Gasteiger partial charge in [0.2, 0.25) is 0 Å². The van der Waals surface area contributed by atoms with Crippen molar-refractivity contribution in [2.75, 3.05) is 0 Å². The van der Waals surface area contributed by atoms with Crippen LogP contribution in [0.4, 0.5) is 0 Å². The molecule has 5 nitrogen and oxygen atoms in total. The van der Waals surface area contributed by atoms with E-state index in [1.54, 1.807) is 49.6 Å². The molecule has 0 aliphatic heterocycles. The van der Waals surface area contributed by atoms with Crippen LogP contribution in [-0.2, 0) is 13.6 Å². The molecule has 0 saturated carbocycles. The fourth-order valence-corrected chi connectivity index (χ4v) is 2.37. The molecular formula is C15H12ClN3O2. The van der Waals surface area contributed by atoms with Crippen LogP contribution in [0.1, 0.15) is 5.56 Å². The molecule has 0 bridgehead atoms. The van der Waals surface area contributed by atoms with E-state index < -0.39 is 0 Å². The number of halogens is 1. The lowest BCUT2D eigenvalue weighted by atomic mass is 10.2. The van der Waals surface area contributed by atoms with Crippen molar-refractivity contribution in [3.8, 4) is 0 Å². The number of hydrogen-bond acceptors (Lipinski definition) is 3. The Morgan fingerprint density at radius 2 is 1.86 bits per heavy atom. The van der Waals surface area contributed by atoms with Crippen LogP contribution in [0.5, 0.6) is 0 Å². The van der Waals surface area contributed by atoms with Crippen molar-refractivity contribution in [3.05, 3.63) is 74.0 Å². The van der Waals surface area contributed by atoms with Gasteiger partial charge in [0.25, 0.3) is 5.56 Å². The third-order valence-electron chi connectivity index (χ3n) is 3.37. The largest absolute Gasteiger partial charge is 0.331 e. The number of nitrogens with zero attached hydrogens (tertiary/aromatic N) is 3. The first-order chi connectivity index (χ1) is 10.1. The summed E-state index contributed by atoms with van der Waals surface area (Å²) >= 11 is 5.84. The molecule has 0 atom stereocenters. The van der Waals surface area contributed by atoms with E-state index in [1.807, 2.05) is 0 Å². The fraction of sp³-hybridized carbons (Fsp3) is 0.133. The number of aromatic nitrogens is 3. The van der Waals surface area contributed by atoms with Crippen LogP contribution >= 0.6 is 11.6 Å². The standard InChI is InChI=1S/C15H12ClN3O2/c1-18-12-3-2-8-17-13(12)14(20)19(15(18)21)9-10-4-6-11(16)7-5-10/h2-8H,9H2,1H3. The average molecular weight is 302 g/mol. The van der Waals surface area contributed by atoms with Crippen molar-refractivity contribution in [3.63, 3.8) is 0 Å². The van der Waals surface area contributed by atoms with E-state index in [1.165, 1.54) is 9.13 Å². The van der Waals surface area contributed by atoms with Crippen LogP contribution in [0, 0.1) is 0 Å². The maximum absolute atomic E-state index is 12.4. The maximum Gasteiger partial charge on any atom is 0.331 e. The van der Waals surface area contributed by atoms with Crippen molar-refractivity contribution < 1.29 is 0 Å². The number of fused-ring (bicyclic) bond motifs is 1. The molecule has 6 heteroatoms. The minimum atomic E-state index is -0.386. The van der Waals surface area contributed by atoms with Gasteiger partial charge in [-0.1, -0.05) is 23.7 Å². The Labute approximate surface area is 125 Å². The molecule has 0 fully saturated rings. The van der Waals surface area contributed by atoms with Crippen molar-refractivity contribution in [1.82, 2.24) is 14.1 Å². The molecule has 106 valence electrons. The quantitative estimate of drug-likeness (QED) is 0.725. The molecule has 0 aliphatic carbocycles. The van der Waals surface area contributed by atoms with Gasteiger partial charge < -0.3 is 0 Å². The highest BCUT2D eigenvalue weighted by molar-refractivity contribution is 6.30. The Hall–Kier alpha value is -2.40. The highest BCUT2D eigenvalue weighted by Crippen LogP contribution is 2.10. The first-order valence-corrected chi connectivity index (χ1v) is 6.75. The molecule has 0 unspecified atom stereocenters. The van der Waals surface area contributed by atoms with Crippen molar-refractivity contribution in [2.24, 2.45) is 7.05 Å². The number of benzene rings is 1. The molecule has 3 rings (SSSR count). The highest BCUT2D eigenvalue weighted by atomic mass is 35.5. The Morgan fingerprint density at radius 3 is 2.57 bits per heavy atom. The van der Waals surface area contributed by atoms with E-state index in [2.05, 4.69) is 4.98 Å². The molecule has 2 aromatic heterocycles. The SMILES string of the molecule is Cn1c(=O)n(Cc2ccc(Cl)cc2)c(=O)c2ncccc21. The molecule has 0 aliphatic rings. The molecule has 1 aromatic carbocycles.